The molecular weight excluding hydrogens is 289 g/mol. The first-order valence-electron chi connectivity index (χ1n) is 6.54. The Balaban J connectivity index is 2.54. The number of nitrogens with two attached hydrogens (primary N) is 2. The number of alkyl halides is 3. The first-order chi connectivity index (χ1) is 9.67. The average molecular weight is 306 g/mol. The molecule has 9 heteroatoms. The highest BCUT2D eigenvalue weighted by molar-refractivity contribution is 6.09. The molecule has 0 radical (unpaired) electrons. The highest BCUT2D eigenvalue weighted by Crippen LogP contribution is 2.43. The molecule has 0 spiro atoms. The highest BCUT2D eigenvalue weighted by Gasteiger charge is 2.60. The van der Waals surface area contributed by atoms with Crippen molar-refractivity contribution in [2.45, 2.75) is 31.0 Å². The van der Waals surface area contributed by atoms with Gasteiger partial charge in [-0.1, -0.05) is 0 Å². The van der Waals surface area contributed by atoms with Crippen LogP contribution >= 0.6 is 0 Å². The number of nitrogens with one attached hydrogen (secondary N) is 1. The van der Waals surface area contributed by atoms with Crippen molar-refractivity contribution in [2.24, 2.45) is 22.4 Å². The minimum Gasteiger partial charge on any atom is -0.401 e. The third kappa shape index (κ3) is 2.75. The van der Waals surface area contributed by atoms with E-state index in [1.165, 1.54) is 0 Å². The van der Waals surface area contributed by atoms with Crippen LogP contribution in [-0.4, -0.2) is 41.7 Å². The molecule has 0 saturated carbocycles. The van der Waals surface area contributed by atoms with Crippen molar-refractivity contribution in [1.82, 2.24) is 5.32 Å². The second-order valence-electron chi connectivity index (χ2n) is 5.28. The maximum absolute atomic E-state index is 13.2. The van der Waals surface area contributed by atoms with Gasteiger partial charge >= 0.3 is 6.18 Å². The van der Waals surface area contributed by atoms with E-state index in [4.69, 9.17) is 11.5 Å². The predicted octanol–water partition coefficient (Wildman–Crippen LogP) is -0.220. The van der Waals surface area contributed by atoms with Gasteiger partial charge in [0.2, 0.25) is 0 Å². The van der Waals surface area contributed by atoms with E-state index in [1.807, 2.05) is 0 Å². The number of rotatable bonds is 1. The van der Waals surface area contributed by atoms with Gasteiger partial charge in [0.25, 0.3) is 5.91 Å². The highest BCUT2D eigenvalue weighted by atomic mass is 19.4. The molecule has 0 aromatic rings. The summed E-state index contributed by atoms with van der Waals surface area (Å²) in [7, 11) is 0. The Morgan fingerprint density at radius 1 is 1.38 bits per heavy atom. The van der Waals surface area contributed by atoms with Gasteiger partial charge in [0.05, 0.1) is 12.0 Å². The van der Waals surface area contributed by atoms with Crippen LogP contribution in [0.4, 0.5) is 13.2 Å². The second kappa shape index (κ2) is 5.30. The normalized spacial score (nSPS) is 31.0. The largest absolute Gasteiger partial charge is 0.422 e. The lowest BCUT2D eigenvalue weighted by Gasteiger charge is -2.36. The standard InChI is InChI=1S/C12H17F3N4O2/c13-12(14,15)11(21)5-7(20)19-10(17)8(11)9(16)6-1-3-18-4-2-6/h6,18,21H,1-5,16H2,(H2,17,19,20)/t11-/m1/s1. The Hall–Kier alpha value is -1.61. The van der Waals surface area contributed by atoms with Crippen molar-refractivity contribution < 1.29 is 23.1 Å². The number of piperidine rings is 1. The number of halogens is 3. The third-order valence-electron chi connectivity index (χ3n) is 3.86. The molecule has 0 aliphatic carbocycles. The molecule has 2 heterocycles. The van der Waals surface area contributed by atoms with E-state index in [0.717, 1.165) is 0 Å². The van der Waals surface area contributed by atoms with E-state index < -0.39 is 35.5 Å². The van der Waals surface area contributed by atoms with Crippen molar-refractivity contribution in [2.75, 3.05) is 13.1 Å². The number of carbonyl (C=O) groups is 1. The zero-order chi connectivity index (χ0) is 15.8. The summed E-state index contributed by atoms with van der Waals surface area (Å²) in [5.74, 6) is -2.10. The number of nitrogens with zero attached hydrogens (tertiary/aromatic N) is 1. The summed E-state index contributed by atoms with van der Waals surface area (Å²) in [5.41, 5.74) is 7.15. The van der Waals surface area contributed by atoms with Gasteiger partial charge in [-0.05, 0) is 25.9 Å². The van der Waals surface area contributed by atoms with E-state index in [0.29, 0.717) is 25.9 Å². The summed E-state index contributed by atoms with van der Waals surface area (Å²) >= 11 is 0. The van der Waals surface area contributed by atoms with E-state index in [9.17, 15) is 23.1 Å². The van der Waals surface area contributed by atoms with Gasteiger partial charge in [-0.2, -0.15) is 18.2 Å². The molecule has 1 atom stereocenters. The summed E-state index contributed by atoms with van der Waals surface area (Å²) in [6.45, 7) is 1.22. The van der Waals surface area contributed by atoms with Crippen LogP contribution in [-0.2, 0) is 4.79 Å². The molecule has 6 nitrogen and oxygen atoms in total. The number of hydrogen-bond acceptors (Lipinski definition) is 5. The Bertz CT molecular complexity index is 509. The van der Waals surface area contributed by atoms with Crippen molar-refractivity contribution in [3.8, 4) is 0 Å². The summed E-state index contributed by atoms with van der Waals surface area (Å²) in [6.07, 6.45) is -5.19. The SMILES string of the molecule is NC1=NC(=O)C[C@](O)(C(F)(F)F)C1=C(N)C1CCNCC1. The Labute approximate surface area is 119 Å². The van der Waals surface area contributed by atoms with Crippen LogP contribution in [0.15, 0.2) is 16.3 Å². The van der Waals surface area contributed by atoms with Crippen molar-refractivity contribution in [3.63, 3.8) is 0 Å². The van der Waals surface area contributed by atoms with Crippen LogP contribution in [0.25, 0.3) is 0 Å². The topological polar surface area (TPSA) is 114 Å². The maximum atomic E-state index is 13.2. The van der Waals surface area contributed by atoms with Crippen molar-refractivity contribution in [3.05, 3.63) is 11.3 Å². The molecule has 1 amide bonds. The van der Waals surface area contributed by atoms with Crippen LogP contribution in [0.2, 0.25) is 0 Å². The first kappa shape index (κ1) is 15.8. The minimum atomic E-state index is -5.06. The molecular formula is C12H17F3N4O2. The maximum Gasteiger partial charge on any atom is 0.422 e. The van der Waals surface area contributed by atoms with E-state index >= 15 is 0 Å². The average Bonchev–Trinajstić information content (AvgIpc) is 2.37. The monoisotopic (exact) mass is 306 g/mol. The van der Waals surface area contributed by atoms with Crippen molar-refractivity contribution >= 4 is 11.7 Å². The zero-order valence-electron chi connectivity index (χ0n) is 11.2. The van der Waals surface area contributed by atoms with Gasteiger partial charge in [0.1, 0.15) is 5.84 Å². The minimum absolute atomic E-state index is 0.134. The molecule has 6 N–H and O–H groups in total. The van der Waals surface area contributed by atoms with E-state index in [1.54, 1.807) is 0 Å². The Kier molecular flexibility index (Phi) is 3.98. The number of amidine groups is 1. The fourth-order valence-corrected chi connectivity index (χ4v) is 2.71. The summed E-state index contributed by atoms with van der Waals surface area (Å²) in [4.78, 5) is 14.6. The quantitative estimate of drug-likeness (QED) is 0.535. The zero-order valence-corrected chi connectivity index (χ0v) is 11.2. The van der Waals surface area contributed by atoms with Crippen LogP contribution in [0.3, 0.4) is 0 Å². The number of aliphatic hydroxyl groups is 1. The predicted molar refractivity (Wildman–Crippen MR) is 69.1 cm³/mol. The molecule has 0 aromatic heterocycles. The van der Waals surface area contributed by atoms with E-state index in [2.05, 4.69) is 10.3 Å². The van der Waals surface area contributed by atoms with Crippen LogP contribution in [0.5, 0.6) is 0 Å². The lowest BCUT2D eigenvalue weighted by atomic mass is 9.80. The number of allylic oxidation sites excluding steroid dienone is 1. The molecule has 2 rings (SSSR count). The molecule has 1 fully saturated rings. The Morgan fingerprint density at radius 3 is 2.48 bits per heavy atom. The second-order valence-corrected chi connectivity index (χ2v) is 5.28. The lowest BCUT2D eigenvalue weighted by molar-refractivity contribution is -0.244. The van der Waals surface area contributed by atoms with Gasteiger partial charge in [0, 0.05) is 11.6 Å². The van der Waals surface area contributed by atoms with Crippen LogP contribution < -0.4 is 16.8 Å². The van der Waals surface area contributed by atoms with Gasteiger partial charge in [-0.15, -0.1) is 0 Å². The fourth-order valence-electron chi connectivity index (χ4n) is 2.71. The number of aliphatic imine (C=N–C) groups is 1. The first-order valence-corrected chi connectivity index (χ1v) is 6.54. The van der Waals surface area contributed by atoms with Gasteiger partial charge in [0.15, 0.2) is 5.60 Å². The van der Waals surface area contributed by atoms with E-state index in [-0.39, 0.29) is 11.6 Å². The number of hydrogen-bond donors (Lipinski definition) is 4. The molecule has 2 aliphatic heterocycles. The Morgan fingerprint density at radius 2 is 1.95 bits per heavy atom. The number of carbonyl (C=O) groups excluding carboxylic acids is 1. The number of amides is 1. The van der Waals surface area contributed by atoms with Crippen molar-refractivity contribution in [1.29, 1.82) is 0 Å². The molecule has 0 bridgehead atoms. The smallest absolute Gasteiger partial charge is 0.401 e. The summed E-state index contributed by atoms with van der Waals surface area (Å²) in [5, 5.41) is 13.1. The molecule has 1 saturated heterocycles. The van der Waals surface area contributed by atoms with Crippen LogP contribution in [0, 0.1) is 5.92 Å². The molecule has 118 valence electrons. The molecule has 21 heavy (non-hydrogen) atoms. The lowest BCUT2D eigenvalue weighted by Crippen LogP contribution is -2.55. The summed E-state index contributed by atoms with van der Waals surface area (Å²) < 4.78 is 39.7. The molecule has 2 aliphatic rings. The summed E-state index contributed by atoms with van der Waals surface area (Å²) in [6, 6.07) is 0. The van der Waals surface area contributed by atoms with Gasteiger partial charge < -0.3 is 21.9 Å². The van der Waals surface area contributed by atoms with Gasteiger partial charge in [-0.25, -0.2) is 0 Å². The third-order valence-corrected chi connectivity index (χ3v) is 3.86. The molecule has 0 aromatic carbocycles. The molecule has 0 unspecified atom stereocenters. The van der Waals surface area contributed by atoms with Gasteiger partial charge in [-0.3, -0.25) is 4.79 Å². The fraction of sp³-hybridized carbons (Fsp3) is 0.667. The van der Waals surface area contributed by atoms with Crippen LogP contribution in [0.1, 0.15) is 19.3 Å².